The van der Waals surface area contributed by atoms with Crippen molar-refractivity contribution in [3.8, 4) is 17.0 Å². The van der Waals surface area contributed by atoms with Gasteiger partial charge in [-0.2, -0.15) is 0 Å². The first-order valence-electron chi connectivity index (χ1n) is 13.6. The van der Waals surface area contributed by atoms with Crippen LogP contribution >= 0.6 is 0 Å². The quantitative estimate of drug-likeness (QED) is 0.219. The molecule has 0 spiro atoms. The van der Waals surface area contributed by atoms with Crippen LogP contribution in [0.3, 0.4) is 0 Å². The summed E-state index contributed by atoms with van der Waals surface area (Å²) >= 11 is 0. The van der Waals surface area contributed by atoms with Crippen LogP contribution in [0.15, 0.2) is 84.0 Å². The summed E-state index contributed by atoms with van der Waals surface area (Å²) in [4.78, 5) is 21.1. The number of halogens is 2. The maximum absolute atomic E-state index is 14.0. The predicted molar refractivity (Wildman–Crippen MR) is 162 cm³/mol. The zero-order valence-corrected chi connectivity index (χ0v) is 24.7. The van der Waals surface area contributed by atoms with Crippen molar-refractivity contribution in [1.82, 2.24) is 19.8 Å². The van der Waals surface area contributed by atoms with Gasteiger partial charge in [0.05, 0.1) is 5.69 Å². The number of ether oxygens (including phenoxy) is 1. The normalized spacial score (nSPS) is 13.8. The van der Waals surface area contributed by atoms with Crippen LogP contribution in [-0.4, -0.2) is 86.1 Å². The highest BCUT2D eigenvalue weighted by Gasteiger charge is 2.20. The van der Waals surface area contributed by atoms with Crippen molar-refractivity contribution in [2.45, 2.75) is 4.90 Å². The number of hydrogen-bond acceptors (Lipinski definition) is 9. The molecular weight excluding hydrogens is 594 g/mol. The molecule has 0 saturated carbocycles. The Labute approximate surface area is 254 Å². The van der Waals surface area contributed by atoms with Crippen molar-refractivity contribution < 1.29 is 31.8 Å². The molecule has 4 aromatic rings. The second-order valence-corrected chi connectivity index (χ2v) is 11.4. The van der Waals surface area contributed by atoms with Crippen LogP contribution in [0.1, 0.15) is 0 Å². The summed E-state index contributed by atoms with van der Waals surface area (Å²) in [7, 11) is -2.09. The summed E-state index contributed by atoms with van der Waals surface area (Å²) in [6, 6.07) is 18.2. The first kappa shape index (κ1) is 32.3. The zero-order valence-electron chi connectivity index (χ0n) is 23.9. The van der Waals surface area contributed by atoms with E-state index < -0.39 is 26.6 Å². The fraction of sp³-hybridized carbons (Fsp3) is 0.233. The number of anilines is 3. The van der Waals surface area contributed by atoms with E-state index in [0.29, 0.717) is 24.2 Å². The Morgan fingerprint density at radius 3 is 2.25 bits per heavy atom. The smallest absolute Gasteiger partial charge is 0.290 e. The molecule has 3 N–H and O–H groups in total. The number of sulfonamides is 1. The third-order valence-electron chi connectivity index (χ3n) is 6.68. The van der Waals surface area contributed by atoms with Gasteiger partial charge in [-0.3, -0.25) is 14.4 Å². The highest BCUT2D eigenvalue weighted by molar-refractivity contribution is 7.92. The van der Waals surface area contributed by atoms with Gasteiger partial charge in [-0.05, 0) is 67.7 Å². The third-order valence-corrected chi connectivity index (χ3v) is 8.10. The maximum atomic E-state index is 14.0. The molecule has 1 fully saturated rings. The van der Waals surface area contributed by atoms with E-state index in [-0.39, 0.29) is 12.2 Å². The van der Waals surface area contributed by atoms with E-state index in [1.807, 2.05) is 24.3 Å². The number of nitrogens with zero attached hydrogens (tertiary/aromatic N) is 4. The van der Waals surface area contributed by atoms with Gasteiger partial charge in [-0.25, -0.2) is 27.2 Å². The average Bonchev–Trinajstić information content (AvgIpc) is 3.00. The average molecular weight is 627 g/mol. The first-order chi connectivity index (χ1) is 21.2. The summed E-state index contributed by atoms with van der Waals surface area (Å²) in [6.45, 7) is 5.57. The third kappa shape index (κ3) is 9.17. The molecule has 2 heterocycles. The summed E-state index contributed by atoms with van der Waals surface area (Å²) in [5, 5.41) is 10.1. The van der Waals surface area contributed by atoms with Crippen molar-refractivity contribution in [2.75, 3.05) is 56.4 Å². The molecule has 5 rings (SSSR count). The topological polar surface area (TPSA) is 137 Å². The molecule has 1 aliphatic rings. The summed E-state index contributed by atoms with van der Waals surface area (Å²) < 4.78 is 60.4. The van der Waals surface area contributed by atoms with Crippen LogP contribution in [-0.2, 0) is 14.8 Å². The van der Waals surface area contributed by atoms with E-state index in [9.17, 15) is 17.2 Å². The van der Waals surface area contributed by atoms with E-state index >= 15 is 0 Å². The summed E-state index contributed by atoms with van der Waals surface area (Å²) in [5.41, 5.74) is 2.49. The summed E-state index contributed by atoms with van der Waals surface area (Å²) in [5.74, 6) is -0.681. The molecule has 0 unspecified atom stereocenters. The minimum Gasteiger partial charge on any atom is -0.492 e. The van der Waals surface area contributed by atoms with Gasteiger partial charge in [0.1, 0.15) is 41.0 Å². The standard InChI is InChI=1S/C29H30F2N6O3S.CH2O2/c1-36-12-14-37(15-13-36)16-17-40-25-9-2-21(3-10-25)27-19-29(33-20-32-27)34-23-5-7-24(8-6-23)35-41(38,39)28-11-4-22(30)18-26(28)31;2-1-3/h2-11,18-20,35H,12-17H2,1H3,(H,32,33,34);1H,(H,2,3). The lowest BCUT2D eigenvalue weighted by Crippen LogP contribution is -2.45. The zero-order chi connectivity index (χ0) is 31.5. The van der Waals surface area contributed by atoms with E-state index in [2.05, 4.69) is 36.9 Å². The van der Waals surface area contributed by atoms with Crippen molar-refractivity contribution in [3.05, 3.63) is 90.8 Å². The Balaban J connectivity index is 0.00000141. The SMILES string of the molecule is CN1CCN(CCOc2ccc(-c3cc(Nc4ccc(NS(=O)(=O)c5ccc(F)cc5F)cc4)ncn3)cc2)CC1.O=CO. The van der Waals surface area contributed by atoms with Crippen LogP contribution in [0.4, 0.5) is 26.0 Å². The van der Waals surface area contributed by atoms with E-state index in [1.54, 1.807) is 18.2 Å². The molecule has 0 amide bonds. The lowest BCUT2D eigenvalue weighted by molar-refractivity contribution is -0.122. The number of aromatic nitrogens is 2. The Morgan fingerprint density at radius 2 is 1.59 bits per heavy atom. The minimum atomic E-state index is -4.23. The molecule has 232 valence electrons. The fourth-order valence-corrected chi connectivity index (χ4v) is 5.46. The second-order valence-electron chi connectivity index (χ2n) is 9.79. The van der Waals surface area contributed by atoms with Gasteiger partial charge in [0, 0.05) is 61.8 Å². The summed E-state index contributed by atoms with van der Waals surface area (Å²) in [6.07, 6.45) is 1.46. The molecule has 1 aliphatic heterocycles. The van der Waals surface area contributed by atoms with E-state index in [4.69, 9.17) is 14.6 Å². The van der Waals surface area contributed by atoms with E-state index in [1.165, 1.54) is 18.5 Å². The molecule has 3 aromatic carbocycles. The van der Waals surface area contributed by atoms with Gasteiger partial charge in [0.15, 0.2) is 0 Å². The van der Waals surface area contributed by atoms with Gasteiger partial charge >= 0.3 is 0 Å². The highest BCUT2D eigenvalue weighted by Crippen LogP contribution is 2.25. The molecular formula is C30H32F2N6O5S. The molecule has 0 aliphatic carbocycles. The fourth-order valence-electron chi connectivity index (χ4n) is 4.34. The largest absolute Gasteiger partial charge is 0.492 e. The molecule has 0 atom stereocenters. The number of hydrogen-bond donors (Lipinski definition) is 3. The Bertz CT molecular complexity index is 1640. The first-order valence-corrected chi connectivity index (χ1v) is 15.0. The van der Waals surface area contributed by atoms with Gasteiger partial charge in [0.25, 0.3) is 16.5 Å². The Kier molecular flexibility index (Phi) is 11.1. The van der Waals surface area contributed by atoms with Gasteiger partial charge in [0.2, 0.25) is 0 Å². The highest BCUT2D eigenvalue weighted by atomic mass is 32.2. The van der Waals surface area contributed by atoms with Gasteiger partial charge in [-0.1, -0.05) is 0 Å². The number of carboxylic acid groups (broad SMARTS) is 1. The van der Waals surface area contributed by atoms with Crippen LogP contribution < -0.4 is 14.8 Å². The molecule has 44 heavy (non-hydrogen) atoms. The van der Waals surface area contributed by atoms with Crippen molar-refractivity contribution in [2.24, 2.45) is 0 Å². The molecule has 0 radical (unpaired) electrons. The maximum Gasteiger partial charge on any atom is 0.290 e. The lowest BCUT2D eigenvalue weighted by atomic mass is 10.1. The van der Waals surface area contributed by atoms with E-state index in [0.717, 1.165) is 61.9 Å². The van der Waals surface area contributed by atoms with Crippen LogP contribution in [0, 0.1) is 11.6 Å². The predicted octanol–water partition coefficient (Wildman–Crippen LogP) is 4.29. The van der Waals surface area contributed by atoms with Gasteiger partial charge in [-0.15, -0.1) is 0 Å². The molecule has 0 bridgehead atoms. The van der Waals surface area contributed by atoms with Crippen molar-refractivity contribution in [3.63, 3.8) is 0 Å². The van der Waals surface area contributed by atoms with Crippen LogP contribution in [0.25, 0.3) is 11.3 Å². The molecule has 14 heteroatoms. The lowest BCUT2D eigenvalue weighted by Gasteiger charge is -2.32. The number of benzene rings is 3. The van der Waals surface area contributed by atoms with Crippen LogP contribution in [0.5, 0.6) is 5.75 Å². The monoisotopic (exact) mass is 626 g/mol. The number of likely N-dealkylation sites (N-methyl/N-ethyl adjacent to an activating group) is 1. The number of carbonyl (C=O) groups is 1. The Hall–Kier alpha value is -4.66. The number of rotatable bonds is 10. The molecule has 1 aromatic heterocycles. The number of nitrogens with one attached hydrogen (secondary N) is 2. The minimum absolute atomic E-state index is 0.216. The second kappa shape index (κ2) is 15.2. The molecule has 1 saturated heterocycles. The van der Waals surface area contributed by atoms with Gasteiger partial charge < -0.3 is 20.1 Å². The van der Waals surface area contributed by atoms with Crippen molar-refractivity contribution in [1.29, 1.82) is 0 Å². The molecule has 11 nitrogen and oxygen atoms in total. The Morgan fingerprint density at radius 1 is 0.932 bits per heavy atom. The van der Waals surface area contributed by atoms with Crippen LogP contribution in [0.2, 0.25) is 0 Å². The van der Waals surface area contributed by atoms with Crippen molar-refractivity contribution >= 4 is 33.7 Å². The number of piperazine rings is 1.